The van der Waals surface area contributed by atoms with Crippen LogP contribution in [0.1, 0.15) is 42.6 Å². The Hall–Kier alpha value is -3.29. The van der Waals surface area contributed by atoms with Crippen LogP contribution in [0.15, 0.2) is 23.0 Å². The zero-order chi connectivity index (χ0) is 20.4. The van der Waals surface area contributed by atoms with E-state index >= 15 is 0 Å². The fourth-order valence-corrected chi connectivity index (χ4v) is 3.96. The number of aromatic hydroxyl groups is 1. The molecule has 0 aliphatic carbocycles. The standard InChI is InChI=1S/C20H21N3O5/c1-20(2,3)9-8-23-10-6-5-7-11(28-4)14(10)21-17(23)15-12(9)16(24)13(19(26)27)18(25)22-15/h5-7,9H,8H2,1-4H3,(H,26,27)(H2,22,24,25)/t9-/m0/s1. The summed E-state index contributed by atoms with van der Waals surface area (Å²) >= 11 is 0. The molecular weight excluding hydrogens is 362 g/mol. The topological polar surface area (TPSA) is 117 Å². The Bertz CT molecular complexity index is 1180. The van der Waals surface area contributed by atoms with E-state index in [-0.39, 0.29) is 11.3 Å². The van der Waals surface area contributed by atoms with Crippen LogP contribution >= 0.6 is 0 Å². The smallest absolute Gasteiger partial charge is 0.345 e. The van der Waals surface area contributed by atoms with E-state index in [1.807, 2.05) is 37.5 Å². The van der Waals surface area contributed by atoms with Crippen molar-refractivity contribution in [1.82, 2.24) is 14.5 Å². The van der Waals surface area contributed by atoms with Gasteiger partial charge in [-0.2, -0.15) is 0 Å². The maximum absolute atomic E-state index is 12.4. The first kappa shape index (κ1) is 18.1. The van der Waals surface area contributed by atoms with Gasteiger partial charge >= 0.3 is 5.97 Å². The van der Waals surface area contributed by atoms with Crippen molar-refractivity contribution in [2.24, 2.45) is 5.41 Å². The Balaban J connectivity index is 2.13. The molecule has 0 bridgehead atoms. The van der Waals surface area contributed by atoms with E-state index in [1.54, 1.807) is 13.2 Å². The number of hydrogen-bond donors (Lipinski definition) is 3. The second kappa shape index (κ2) is 5.85. The molecule has 1 aliphatic rings. The third-order valence-corrected chi connectivity index (χ3v) is 5.39. The number of H-pyrrole nitrogens is 1. The number of carboxylic acid groups (broad SMARTS) is 1. The molecule has 0 unspecified atom stereocenters. The number of hydrogen-bond acceptors (Lipinski definition) is 5. The Morgan fingerprint density at radius 2 is 2.07 bits per heavy atom. The Labute approximate surface area is 160 Å². The predicted molar refractivity (Wildman–Crippen MR) is 103 cm³/mol. The van der Waals surface area contributed by atoms with E-state index in [0.29, 0.717) is 34.9 Å². The lowest BCUT2D eigenvalue weighted by Gasteiger charge is -2.36. The Morgan fingerprint density at radius 1 is 1.36 bits per heavy atom. The molecule has 8 heteroatoms. The van der Waals surface area contributed by atoms with Crippen molar-refractivity contribution in [3.63, 3.8) is 0 Å². The number of carbonyl (C=O) groups is 1. The summed E-state index contributed by atoms with van der Waals surface area (Å²) in [5.41, 5.74) is 0.426. The van der Waals surface area contributed by atoms with Crippen molar-refractivity contribution in [1.29, 1.82) is 0 Å². The number of aromatic nitrogens is 3. The fourth-order valence-electron chi connectivity index (χ4n) is 3.96. The summed E-state index contributed by atoms with van der Waals surface area (Å²) in [6, 6.07) is 5.59. The van der Waals surface area contributed by atoms with E-state index in [9.17, 15) is 19.8 Å². The highest BCUT2D eigenvalue weighted by Gasteiger charge is 2.39. The van der Waals surface area contributed by atoms with Crippen molar-refractivity contribution in [3.8, 4) is 23.0 Å². The highest BCUT2D eigenvalue weighted by molar-refractivity contribution is 5.93. The van der Waals surface area contributed by atoms with Gasteiger partial charge in [0, 0.05) is 18.0 Å². The number of nitrogens with one attached hydrogen (secondary N) is 1. The monoisotopic (exact) mass is 383 g/mol. The quantitative estimate of drug-likeness (QED) is 0.626. The number of para-hydroxylation sites is 1. The summed E-state index contributed by atoms with van der Waals surface area (Å²) in [5, 5.41) is 20.2. The first-order chi connectivity index (χ1) is 13.1. The van der Waals surface area contributed by atoms with E-state index in [1.165, 1.54) is 0 Å². The van der Waals surface area contributed by atoms with Crippen molar-refractivity contribution in [2.45, 2.75) is 33.2 Å². The molecule has 4 rings (SSSR count). The zero-order valence-corrected chi connectivity index (χ0v) is 16.0. The summed E-state index contributed by atoms with van der Waals surface area (Å²) in [6.45, 7) is 6.51. The molecule has 2 aromatic heterocycles. The number of nitrogens with zero attached hydrogens (tertiary/aromatic N) is 2. The number of aromatic carboxylic acids is 1. The summed E-state index contributed by atoms with van der Waals surface area (Å²) in [7, 11) is 1.56. The number of fused-ring (bicyclic) bond motifs is 5. The highest BCUT2D eigenvalue weighted by atomic mass is 16.5. The molecule has 0 saturated heterocycles. The van der Waals surface area contributed by atoms with Crippen LogP contribution in [0.5, 0.6) is 11.5 Å². The van der Waals surface area contributed by atoms with Gasteiger partial charge in [0.15, 0.2) is 11.4 Å². The normalized spacial score (nSPS) is 15.9. The van der Waals surface area contributed by atoms with Gasteiger partial charge in [-0.3, -0.25) is 4.79 Å². The Morgan fingerprint density at radius 3 is 2.68 bits per heavy atom. The maximum Gasteiger partial charge on any atom is 0.345 e. The van der Waals surface area contributed by atoms with Gasteiger partial charge in [0.2, 0.25) is 0 Å². The fraction of sp³-hybridized carbons (Fsp3) is 0.350. The number of pyridine rings is 1. The van der Waals surface area contributed by atoms with Crippen LogP contribution in [0.25, 0.3) is 22.6 Å². The van der Waals surface area contributed by atoms with Crippen LogP contribution in [-0.4, -0.2) is 37.8 Å². The minimum Gasteiger partial charge on any atom is -0.506 e. The lowest BCUT2D eigenvalue weighted by molar-refractivity contribution is 0.0691. The molecule has 3 aromatic rings. The molecule has 0 spiro atoms. The second-order valence-electron chi connectivity index (χ2n) is 8.06. The van der Waals surface area contributed by atoms with E-state index in [0.717, 1.165) is 5.52 Å². The van der Waals surface area contributed by atoms with E-state index in [4.69, 9.17) is 4.74 Å². The average Bonchev–Trinajstić information content (AvgIpc) is 2.98. The number of ether oxygens (including phenoxy) is 1. The maximum atomic E-state index is 12.4. The van der Waals surface area contributed by atoms with Gasteiger partial charge < -0.3 is 24.5 Å². The van der Waals surface area contributed by atoms with Crippen LogP contribution in [0, 0.1) is 5.41 Å². The second-order valence-corrected chi connectivity index (χ2v) is 8.06. The number of aromatic amines is 1. The molecule has 1 aromatic carbocycles. The first-order valence-electron chi connectivity index (χ1n) is 8.91. The minimum atomic E-state index is -1.46. The molecule has 8 nitrogen and oxygen atoms in total. The lowest BCUT2D eigenvalue weighted by Crippen LogP contribution is -2.31. The SMILES string of the molecule is COc1cccc2c1nc1n2C[C@H](C(C)(C)C)c2c-1[nH]c(=O)c(C(=O)O)c2O. The number of carboxylic acids is 1. The zero-order valence-electron chi connectivity index (χ0n) is 16.0. The van der Waals surface area contributed by atoms with Crippen molar-refractivity contribution in [3.05, 3.63) is 39.7 Å². The summed E-state index contributed by atoms with van der Waals surface area (Å²) < 4.78 is 7.39. The van der Waals surface area contributed by atoms with Crippen LogP contribution in [0.3, 0.4) is 0 Å². The summed E-state index contributed by atoms with van der Waals surface area (Å²) in [5.74, 6) is -1.12. The molecule has 1 aliphatic heterocycles. The molecule has 3 heterocycles. The van der Waals surface area contributed by atoms with Crippen LogP contribution in [0.2, 0.25) is 0 Å². The third kappa shape index (κ3) is 2.41. The molecular formula is C20H21N3O5. The van der Waals surface area contributed by atoms with E-state index < -0.39 is 22.8 Å². The highest BCUT2D eigenvalue weighted by Crippen LogP contribution is 2.49. The largest absolute Gasteiger partial charge is 0.506 e. The van der Waals surface area contributed by atoms with Gasteiger partial charge in [-0.1, -0.05) is 26.8 Å². The van der Waals surface area contributed by atoms with Gasteiger partial charge in [0.05, 0.1) is 18.3 Å². The molecule has 146 valence electrons. The average molecular weight is 383 g/mol. The molecule has 28 heavy (non-hydrogen) atoms. The lowest BCUT2D eigenvalue weighted by atomic mass is 9.73. The van der Waals surface area contributed by atoms with Crippen LogP contribution < -0.4 is 10.3 Å². The minimum absolute atomic E-state index is 0.242. The van der Waals surface area contributed by atoms with Gasteiger partial charge in [-0.25, -0.2) is 9.78 Å². The number of methoxy groups -OCH3 is 1. The van der Waals surface area contributed by atoms with Crippen molar-refractivity contribution < 1.29 is 19.7 Å². The Kier molecular flexibility index (Phi) is 3.78. The summed E-state index contributed by atoms with van der Waals surface area (Å²) in [6.07, 6.45) is 0. The molecule has 1 atom stereocenters. The number of imidazole rings is 1. The van der Waals surface area contributed by atoms with Crippen LogP contribution in [0.4, 0.5) is 0 Å². The van der Waals surface area contributed by atoms with Crippen molar-refractivity contribution >= 4 is 17.0 Å². The molecule has 0 amide bonds. The predicted octanol–water partition coefficient (Wildman–Crippen LogP) is 2.95. The van der Waals surface area contributed by atoms with Crippen molar-refractivity contribution in [2.75, 3.05) is 7.11 Å². The molecule has 0 saturated carbocycles. The molecule has 3 N–H and O–H groups in total. The van der Waals surface area contributed by atoms with Crippen LogP contribution in [-0.2, 0) is 6.54 Å². The van der Waals surface area contributed by atoms with Gasteiger partial charge in [0.25, 0.3) is 5.56 Å². The summed E-state index contributed by atoms with van der Waals surface area (Å²) in [4.78, 5) is 31.2. The first-order valence-corrected chi connectivity index (χ1v) is 8.91. The molecule has 0 fully saturated rings. The number of rotatable bonds is 2. The third-order valence-electron chi connectivity index (χ3n) is 5.39. The van der Waals surface area contributed by atoms with Gasteiger partial charge in [-0.05, 0) is 17.5 Å². The van der Waals surface area contributed by atoms with E-state index in [2.05, 4.69) is 9.97 Å². The number of benzene rings is 1. The van der Waals surface area contributed by atoms with Gasteiger partial charge in [0.1, 0.15) is 17.0 Å². The van der Waals surface area contributed by atoms with Gasteiger partial charge in [-0.15, -0.1) is 0 Å². The molecule has 0 radical (unpaired) electrons.